The Balaban J connectivity index is 2.76. The molecule has 100 valence electrons. The number of anilines is 1. The molecule has 18 heavy (non-hydrogen) atoms. The van der Waals surface area contributed by atoms with Gasteiger partial charge in [-0.05, 0) is 31.7 Å². The fourth-order valence-corrected chi connectivity index (χ4v) is 1.69. The van der Waals surface area contributed by atoms with Crippen LogP contribution in [0.1, 0.15) is 22.8 Å². The van der Waals surface area contributed by atoms with Crippen LogP contribution in [0, 0.1) is 0 Å². The first-order valence-electron chi connectivity index (χ1n) is 5.83. The van der Waals surface area contributed by atoms with Gasteiger partial charge in [0.25, 0.3) is 0 Å². The Bertz CT molecular complexity index is 421. The van der Waals surface area contributed by atoms with Gasteiger partial charge in [-0.3, -0.25) is 9.69 Å². The number of nitrogen functional groups attached to an aromatic ring is 1. The largest absolute Gasteiger partial charge is 0.398 e. The van der Waals surface area contributed by atoms with E-state index in [4.69, 9.17) is 16.2 Å². The number of nitrogens with two attached hydrogens (primary N) is 2. The molecule has 0 saturated heterocycles. The van der Waals surface area contributed by atoms with E-state index in [1.807, 2.05) is 13.1 Å². The van der Waals surface area contributed by atoms with Crippen molar-refractivity contribution in [3.05, 3.63) is 29.3 Å². The lowest BCUT2D eigenvalue weighted by Crippen LogP contribution is -2.32. The van der Waals surface area contributed by atoms with Crippen molar-refractivity contribution in [1.29, 1.82) is 0 Å². The fraction of sp³-hybridized carbons (Fsp3) is 0.462. The van der Waals surface area contributed by atoms with Crippen LogP contribution in [0.4, 0.5) is 5.69 Å². The first-order chi connectivity index (χ1) is 8.45. The van der Waals surface area contributed by atoms with Gasteiger partial charge in [-0.1, -0.05) is 6.07 Å². The zero-order valence-electron chi connectivity index (χ0n) is 11.1. The highest BCUT2D eigenvalue weighted by atomic mass is 16.5. The zero-order valence-corrected chi connectivity index (χ0v) is 11.1. The third-order valence-corrected chi connectivity index (χ3v) is 3.01. The average Bonchev–Trinajstić information content (AvgIpc) is 2.31. The van der Waals surface area contributed by atoms with Gasteiger partial charge in [0.1, 0.15) is 0 Å². The first-order valence-corrected chi connectivity index (χ1v) is 5.83. The molecule has 0 radical (unpaired) electrons. The maximum absolute atomic E-state index is 11.0. The Morgan fingerprint density at radius 2 is 2.17 bits per heavy atom. The Labute approximate surface area is 108 Å². The second-order valence-corrected chi connectivity index (χ2v) is 4.50. The third-order valence-electron chi connectivity index (χ3n) is 3.01. The molecule has 4 N–H and O–H groups in total. The summed E-state index contributed by atoms with van der Waals surface area (Å²) < 4.78 is 5.11. The number of hydrogen-bond donors (Lipinski definition) is 2. The number of nitrogens with zero attached hydrogens (tertiary/aromatic N) is 1. The summed E-state index contributed by atoms with van der Waals surface area (Å²) in [6.07, 6.45) is 0. The van der Waals surface area contributed by atoms with E-state index in [0.29, 0.717) is 30.4 Å². The van der Waals surface area contributed by atoms with Crippen LogP contribution in [-0.2, 0) is 11.3 Å². The van der Waals surface area contributed by atoms with Crippen molar-refractivity contribution in [2.75, 3.05) is 26.5 Å². The highest BCUT2D eigenvalue weighted by molar-refractivity contribution is 5.93. The number of ether oxygens (including phenoxy) is 1. The predicted molar refractivity (Wildman–Crippen MR) is 72.2 cm³/mol. The number of methoxy groups -OCH3 is 1. The van der Waals surface area contributed by atoms with Crippen LogP contribution in [0.25, 0.3) is 0 Å². The summed E-state index contributed by atoms with van der Waals surface area (Å²) in [5.74, 6) is -0.464. The van der Waals surface area contributed by atoms with Crippen LogP contribution >= 0.6 is 0 Å². The lowest BCUT2D eigenvalue weighted by molar-refractivity contribution is 0.1000. The van der Waals surface area contributed by atoms with Gasteiger partial charge in [-0.15, -0.1) is 0 Å². The second kappa shape index (κ2) is 6.37. The van der Waals surface area contributed by atoms with Crippen molar-refractivity contribution >= 4 is 11.6 Å². The van der Waals surface area contributed by atoms with Gasteiger partial charge in [0.05, 0.1) is 6.61 Å². The number of rotatable bonds is 6. The molecule has 1 amide bonds. The summed E-state index contributed by atoms with van der Waals surface area (Å²) in [4.78, 5) is 13.2. The monoisotopic (exact) mass is 251 g/mol. The van der Waals surface area contributed by atoms with Crippen LogP contribution in [0.15, 0.2) is 18.2 Å². The summed E-state index contributed by atoms with van der Waals surface area (Å²) in [6.45, 7) is 3.45. The maximum Gasteiger partial charge on any atom is 0.248 e. The minimum atomic E-state index is -0.464. The van der Waals surface area contributed by atoms with Crippen molar-refractivity contribution in [2.24, 2.45) is 5.73 Å². The SMILES string of the molecule is COCC(C)N(C)Cc1ccc(C(N)=O)cc1N. The molecule has 0 heterocycles. The second-order valence-electron chi connectivity index (χ2n) is 4.50. The minimum Gasteiger partial charge on any atom is -0.398 e. The quantitative estimate of drug-likeness (QED) is 0.734. The van der Waals surface area contributed by atoms with Gasteiger partial charge in [0.15, 0.2) is 0 Å². The normalized spacial score (nSPS) is 12.7. The van der Waals surface area contributed by atoms with E-state index in [1.54, 1.807) is 19.2 Å². The molecule has 0 saturated carbocycles. The number of hydrogen-bond acceptors (Lipinski definition) is 4. The molecule has 1 unspecified atom stereocenters. The number of likely N-dealkylation sites (N-methyl/N-ethyl adjacent to an activating group) is 1. The Kier molecular flexibility index (Phi) is 5.12. The zero-order chi connectivity index (χ0) is 13.7. The molecule has 1 atom stereocenters. The highest BCUT2D eigenvalue weighted by Gasteiger charge is 2.11. The molecule has 0 bridgehead atoms. The van der Waals surface area contributed by atoms with Crippen LogP contribution < -0.4 is 11.5 Å². The van der Waals surface area contributed by atoms with Gasteiger partial charge >= 0.3 is 0 Å². The topological polar surface area (TPSA) is 81.6 Å². The molecule has 1 aromatic rings. The summed E-state index contributed by atoms with van der Waals surface area (Å²) in [7, 11) is 3.69. The maximum atomic E-state index is 11.0. The lowest BCUT2D eigenvalue weighted by atomic mass is 10.1. The summed E-state index contributed by atoms with van der Waals surface area (Å²) in [5.41, 5.74) is 13.1. The molecule has 5 heteroatoms. The van der Waals surface area contributed by atoms with Crippen molar-refractivity contribution in [2.45, 2.75) is 19.5 Å². The number of carbonyl (C=O) groups excluding carboxylic acids is 1. The van der Waals surface area contributed by atoms with Crippen molar-refractivity contribution in [3.63, 3.8) is 0 Å². The van der Waals surface area contributed by atoms with Crippen molar-refractivity contribution < 1.29 is 9.53 Å². The van der Waals surface area contributed by atoms with Crippen molar-refractivity contribution in [3.8, 4) is 0 Å². The van der Waals surface area contributed by atoms with E-state index in [2.05, 4.69) is 11.8 Å². The molecule has 0 spiro atoms. The van der Waals surface area contributed by atoms with E-state index in [9.17, 15) is 4.79 Å². The van der Waals surface area contributed by atoms with Gasteiger partial charge in [-0.25, -0.2) is 0 Å². The predicted octanol–water partition coefficient (Wildman–Crippen LogP) is 0.834. The Hall–Kier alpha value is -1.59. The molecule has 0 fully saturated rings. The summed E-state index contributed by atoms with van der Waals surface area (Å²) in [5, 5.41) is 0. The highest BCUT2D eigenvalue weighted by Crippen LogP contribution is 2.16. The number of primary amides is 1. The van der Waals surface area contributed by atoms with Crippen LogP contribution in [0.5, 0.6) is 0 Å². The van der Waals surface area contributed by atoms with E-state index in [1.165, 1.54) is 0 Å². The van der Waals surface area contributed by atoms with E-state index in [-0.39, 0.29) is 0 Å². The van der Waals surface area contributed by atoms with Crippen LogP contribution in [0.2, 0.25) is 0 Å². The molecule has 0 aliphatic carbocycles. The first kappa shape index (κ1) is 14.5. The Morgan fingerprint density at radius 1 is 1.50 bits per heavy atom. The van der Waals surface area contributed by atoms with E-state index in [0.717, 1.165) is 5.56 Å². The smallest absolute Gasteiger partial charge is 0.248 e. The van der Waals surface area contributed by atoms with Gasteiger partial charge in [0.2, 0.25) is 5.91 Å². The van der Waals surface area contributed by atoms with Gasteiger partial charge in [0, 0.05) is 30.9 Å². The lowest BCUT2D eigenvalue weighted by Gasteiger charge is -2.24. The Morgan fingerprint density at radius 3 is 2.67 bits per heavy atom. The molecule has 1 rings (SSSR count). The molecule has 0 aliphatic heterocycles. The molecular formula is C13H21N3O2. The van der Waals surface area contributed by atoms with Gasteiger partial charge in [-0.2, -0.15) is 0 Å². The van der Waals surface area contributed by atoms with Gasteiger partial charge < -0.3 is 16.2 Å². The molecule has 0 aromatic heterocycles. The van der Waals surface area contributed by atoms with Crippen LogP contribution in [0.3, 0.4) is 0 Å². The minimum absolute atomic E-state index is 0.296. The number of carbonyl (C=O) groups is 1. The standard InChI is InChI=1S/C13H21N3O2/c1-9(8-18-3)16(2)7-11-5-4-10(13(15)17)6-12(11)14/h4-6,9H,7-8,14H2,1-3H3,(H2,15,17). The summed E-state index contributed by atoms with van der Waals surface area (Å²) in [6, 6.07) is 5.45. The fourth-order valence-electron chi connectivity index (χ4n) is 1.69. The number of amides is 1. The molecule has 5 nitrogen and oxygen atoms in total. The average molecular weight is 251 g/mol. The molecule has 0 aliphatic rings. The van der Waals surface area contributed by atoms with E-state index >= 15 is 0 Å². The van der Waals surface area contributed by atoms with Crippen LogP contribution in [-0.4, -0.2) is 37.6 Å². The number of benzene rings is 1. The summed E-state index contributed by atoms with van der Waals surface area (Å²) >= 11 is 0. The van der Waals surface area contributed by atoms with Crippen molar-refractivity contribution in [1.82, 2.24) is 4.90 Å². The molecular weight excluding hydrogens is 230 g/mol. The molecule has 1 aromatic carbocycles. The third kappa shape index (κ3) is 3.72. The van der Waals surface area contributed by atoms with E-state index < -0.39 is 5.91 Å².